The highest BCUT2D eigenvalue weighted by atomic mass is 35.5. The topological polar surface area (TPSA) is 68.0 Å². The largest absolute Gasteiger partial charge is 0.368 e. The van der Waals surface area contributed by atoms with Crippen LogP contribution in [0.4, 0.5) is 0 Å². The van der Waals surface area contributed by atoms with E-state index in [1.54, 1.807) is 18.3 Å². The van der Waals surface area contributed by atoms with Gasteiger partial charge >= 0.3 is 0 Å². The molecule has 1 heterocycles. The van der Waals surface area contributed by atoms with Crippen LogP contribution in [0.5, 0.6) is 0 Å². The number of nitrogens with zero attached hydrogens (tertiary/aromatic N) is 1. The van der Waals surface area contributed by atoms with E-state index in [9.17, 15) is 4.79 Å². The second-order valence-electron chi connectivity index (χ2n) is 4.72. The maximum Gasteiger partial charge on any atom is 0.238 e. The second-order valence-corrected chi connectivity index (χ2v) is 6.09. The van der Waals surface area contributed by atoms with Crippen molar-refractivity contribution in [3.05, 3.63) is 23.4 Å². The van der Waals surface area contributed by atoms with Crippen molar-refractivity contribution in [3.63, 3.8) is 0 Å². The predicted molar refractivity (Wildman–Crippen MR) is 78.3 cm³/mol. The Hall–Kier alpha value is -0.780. The van der Waals surface area contributed by atoms with Crippen molar-refractivity contribution < 1.29 is 4.79 Å². The van der Waals surface area contributed by atoms with Gasteiger partial charge in [0.15, 0.2) is 0 Å². The van der Waals surface area contributed by atoms with Crippen LogP contribution >= 0.6 is 23.4 Å². The van der Waals surface area contributed by atoms with Crippen molar-refractivity contribution in [2.75, 3.05) is 12.3 Å². The van der Waals surface area contributed by atoms with Gasteiger partial charge in [-0.2, -0.15) is 0 Å². The Morgan fingerprint density at radius 3 is 2.95 bits per heavy atom. The van der Waals surface area contributed by atoms with Crippen molar-refractivity contribution in [1.29, 1.82) is 0 Å². The number of nitrogens with one attached hydrogen (secondary N) is 1. The van der Waals surface area contributed by atoms with E-state index in [1.165, 1.54) is 11.8 Å². The number of halogens is 1. The lowest BCUT2D eigenvalue weighted by Gasteiger charge is -2.31. The van der Waals surface area contributed by atoms with Gasteiger partial charge in [0.1, 0.15) is 10.6 Å². The number of aromatic nitrogens is 1. The first-order valence-corrected chi connectivity index (χ1v) is 7.74. The van der Waals surface area contributed by atoms with Crippen LogP contribution in [-0.4, -0.2) is 28.7 Å². The lowest BCUT2D eigenvalue weighted by Crippen LogP contribution is -2.59. The van der Waals surface area contributed by atoms with Gasteiger partial charge in [-0.25, -0.2) is 4.98 Å². The van der Waals surface area contributed by atoms with Crippen LogP contribution in [0.1, 0.15) is 19.8 Å². The van der Waals surface area contributed by atoms with Crippen LogP contribution in [-0.2, 0) is 4.79 Å². The van der Waals surface area contributed by atoms with Gasteiger partial charge in [0.2, 0.25) is 5.91 Å². The van der Waals surface area contributed by atoms with Gasteiger partial charge in [0.05, 0.1) is 5.02 Å². The molecule has 0 spiro atoms. The van der Waals surface area contributed by atoms with Crippen LogP contribution in [0.25, 0.3) is 0 Å². The van der Waals surface area contributed by atoms with Gasteiger partial charge in [-0.1, -0.05) is 18.5 Å². The van der Waals surface area contributed by atoms with E-state index in [-0.39, 0.29) is 5.91 Å². The fraction of sp³-hybridized carbons (Fsp3) is 0.538. The van der Waals surface area contributed by atoms with Crippen LogP contribution in [0.3, 0.4) is 0 Å². The Morgan fingerprint density at radius 2 is 2.42 bits per heavy atom. The van der Waals surface area contributed by atoms with Gasteiger partial charge in [0, 0.05) is 11.9 Å². The number of hydrogen-bond acceptors (Lipinski definition) is 4. The van der Waals surface area contributed by atoms with E-state index in [1.807, 2.05) is 6.92 Å². The van der Waals surface area contributed by atoms with Gasteiger partial charge < -0.3 is 11.1 Å². The molecule has 1 aliphatic rings. The third kappa shape index (κ3) is 3.22. The lowest BCUT2D eigenvalue weighted by molar-refractivity contribution is -0.124. The van der Waals surface area contributed by atoms with Crippen molar-refractivity contribution in [2.45, 2.75) is 30.3 Å². The fourth-order valence-corrected chi connectivity index (χ4v) is 3.69. The molecule has 1 aliphatic carbocycles. The Kier molecular flexibility index (Phi) is 4.71. The van der Waals surface area contributed by atoms with E-state index in [0.29, 0.717) is 16.7 Å². The molecule has 2 rings (SSSR count). The van der Waals surface area contributed by atoms with E-state index < -0.39 is 5.54 Å². The molecule has 4 nitrogen and oxygen atoms in total. The quantitative estimate of drug-likeness (QED) is 0.756. The molecule has 0 aromatic carbocycles. The maximum absolute atomic E-state index is 11.9. The standard InChI is InChI=1S/C13H18ClN3OS/c1-2-17-13(12(15)18,9-5-6-9)8-19-11-10(14)4-3-7-16-11/h3-4,7,9,17H,2,5-6,8H2,1H3,(H2,15,18). The molecular weight excluding hydrogens is 282 g/mol. The molecule has 1 unspecified atom stereocenters. The summed E-state index contributed by atoms with van der Waals surface area (Å²) in [4.78, 5) is 16.1. The summed E-state index contributed by atoms with van der Waals surface area (Å²) in [5.41, 5.74) is 4.99. The minimum Gasteiger partial charge on any atom is -0.368 e. The van der Waals surface area contributed by atoms with E-state index in [0.717, 1.165) is 24.4 Å². The molecule has 1 fully saturated rings. The number of rotatable bonds is 7. The molecule has 1 aromatic rings. The molecule has 1 amide bonds. The molecule has 1 saturated carbocycles. The molecule has 1 atom stereocenters. The van der Waals surface area contributed by atoms with E-state index in [4.69, 9.17) is 17.3 Å². The molecule has 0 aliphatic heterocycles. The Bertz CT molecular complexity index is 467. The summed E-state index contributed by atoms with van der Waals surface area (Å²) in [5, 5.41) is 4.63. The Labute approximate surface area is 122 Å². The average Bonchev–Trinajstić information content (AvgIpc) is 3.20. The molecule has 104 valence electrons. The number of primary amides is 1. The van der Waals surface area contributed by atoms with E-state index >= 15 is 0 Å². The monoisotopic (exact) mass is 299 g/mol. The third-order valence-corrected chi connectivity index (χ3v) is 4.98. The normalized spacial score (nSPS) is 18.0. The summed E-state index contributed by atoms with van der Waals surface area (Å²) >= 11 is 7.57. The number of likely N-dealkylation sites (N-methyl/N-ethyl adjacent to an activating group) is 1. The number of carbonyl (C=O) groups is 1. The minimum absolute atomic E-state index is 0.281. The maximum atomic E-state index is 11.9. The summed E-state index contributed by atoms with van der Waals surface area (Å²) in [6.07, 6.45) is 3.80. The van der Waals surface area contributed by atoms with Crippen molar-refractivity contribution >= 4 is 29.3 Å². The summed E-state index contributed by atoms with van der Waals surface area (Å²) in [6.45, 7) is 2.70. The first-order chi connectivity index (χ1) is 9.10. The highest BCUT2D eigenvalue weighted by Crippen LogP contribution is 2.42. The molecular formula is C13H18ClN3OS. The molecule has 0 saturated heterocycles. The number of amides is 1. The zero-order chi connectivity index (χ0) is 13.9. The second kappa shape index (κ2) is 6.11. The summed E-state index contributed by atoms with van der Waals surface area (Å²) < 4.78 is 0. The molecule has 6 heteroatoms. The molecule has 3 N–H and O–H groups in total. The van der Waals surface area contributed by atoms with Gasteiger partial charge in [-0.15, -0.1) is 11.8 Å². The van der Waals surface area contributed by atoms with Gasteiger partial charge in [-0.05, 0) is 37.4 Å². The molecule has 0 radical (unpaired) electrons. The Morgan fingerprint density at radius 1 is 1.68 bits per heavy atom. The lowest BCUT2D eigenvalue weighted by atomic mass is 9.94. The number of pyridine rings is 1. The number of thioether (sulfide) groups is 1. The first-order valence-electron chi connectivity index (χ1n) is 6.38. The molecule has 0 bridgehead atoms. The Balaban J connectivity index is 2.12. The zero-order valence-corrected chi connectivity index (χ0v) is 12.4. The number of hydrogen-bond donors (Lipinski definition) is 2. The zero-order valence-electron chi connectivity index (χ0n) is 10.9. The first kappa shape index (κ1) is 14.6. The fourth-order valence-electron chi connectivity index (χ4n) is 2.22. The predicted octanol–water partition coefficient (Wildman–Crippen LogP) is 2.07. The van der Waals surface area contributed by atoms with Crippen LogP contribution in [0, 0.1) is 5.92 Å². The summed E-state index contributed by atoms with van der Waals surface area (Å²) in [6, 6.07) is 3.59. The SMILES string of the molecule is CCNC(CSc1ncccc1Cl)(C(N)=O)C1CC1. The molecule has 1 aromatic heterocycles. The molecule has 19 heavy (non-hydrogen) atoms. The van der Waals surface area contributed by atoms with Crippen LogP contribution in [0.2, 0.25) is 5.02 Å². The van der Waals surface area contributed by atoms with Gasteiger partial charge in [-0.3, -0.25) is 4.79 Å². The van der Waals surface area contributed by atoms with Crippen LogP contribution in [0.15, 0.2) is 23.4 Å². The van der Waals surface area contributed by atoms with Crippen molar-refractivity contribution in [1.82, 2.24) is 10.3 Å². The highest BCUT2D eigenvalue weighted by Gasteiger charge is 2.49. The van der Waals surface area contributed by atoms with Crippen molar-refractivity contribution in [3.8, 4) is 0 Å². The third-order valence-electron chi connectivity index (χ3n) is 3.37. The smallest absolute Gasteiger partial charge is 0.238 e. The van der Waals surface area contributed by atoms with Crippen molar-refractivity contribution in [2.24, 2.45) is 11.7 Å². The highest BCUT2D eigenvalue weighted by molar-refractivity contribution is 7.99. The number of nitrogens with two attached hydrogens (primary N) is 1. The summed E-state index contributed by atoms with van der Waals surface area (Å²) in [5.74, 6) is 0.619. The van der Waals surface area contributed by atoms with Crippen LogP contribution < -0.4 is 11.1 Å². The summed E-state index contributed by atoms with van der Waals surface area (Å²) in [7, 11) is 0. The number of carbonyl (C=O) groups excluding carboxylic acids is 1. The average molecular weight is 300 g/mol. The van der Waals surface area contributed by atoms with E-state index in [2.05, 4.69) is 10.3 Å². The minimum atomic E-state index is -0.639. The van der Waals surface area contributed by atoms with Gasteiger partial charge in [0.25, 0.3) is 0 Å².